The van der Waals surface area contributed by atoms with E-state index in [-0.39, 0.29) is 5.91 Å². The quantitative estimate of drug-likeness (QED) is 0.660. The Morgan fingerprint density at radius 1 is 1.29 bits per heavy atom. The normalized spacial score (nSPS) is 17.0. The molecule has 0 aliphatic heterocycles. The van der Waals surface area contributed by atoms with Crippen molar-refractivity contribution in [1.29, 1.82) is 0 Å². The minimum atomic E-state index is 0.0641. The van der Waals surface area contributed by atoms with Gasteiger partial charge in [-0.05, 0) is 19.8 Å². The van der Waals surface area contributed by atoms with Gasteiger partial charge in [-0.1, -0.05) is 43.9 Å². The Labute approximate surface area is 130 Å². The smallest absolute Gasteiger partial charge is 0.230 e. The highest BCUT2D eigenvalue weighted by molar-refractivity contribution is 7.99. The first kappa shape index (κ1) is 16.1. The number of aromatic nitrogens is 2. The summed E-state index contributed by atoms with van der Waals surface area (Å²) in [6.07, 6.45) is 8.55. The van der Waals surface area contributed by atoms with Crippen molar-refractivity contribution in [3.63, 3.8) is 0 Å². The number of nitrogen functional groups attached to an aromatic ring is 1. The highest BCUT2D eigenvalue weighted by atomic mass is 32.2. The largest absolute Gasteiger partial charge is 0.384 e. The van der Waals surface area contributed by atoms with E-state index >= 15 is 0 Å². The summed E-state index contributed by atoms with van der Waals surface area (Å²) in [7, 11) is 0. The van der Waals surface area contributed by atoms with Gasteiger partial charge in [-0.25, -0.2) is 9.97 Å². The average molecular weight is 308 g/mol. The first-order valence-electron chi connectivity index (χ1n) is 7.67. The molecule has 1 amide bonds. The Bertz CT molecular complexity index is 452. The number of carbonyl (C=O) groups excluding carboxylic acids is 1. The molecule has 6 heteroatoms. The van der Waals surface area contributed by atoms with Crippen LogP contribution in [-0.4, -0.2) is 27.7 Å². The summed E-state index contributed by atoms with van der Waals surface area (Å²) in [6, 6.07) is 2.06. The number of rotatable bonds is 4. The lowest BCUT2D eigenvalue weighted by atomic mass is 9.97. The Hall–Kier alpha value is -1.30. The van der Waals surface area contributed by atoms with E-state index < -0.39 is 0 Å². The monoisotopic (exact) mass is 308 g/mol. The van der Waals surface area contributed by atoms with Crippen molar-refractivity contribution in [2.75, 3.05) is 11.5 Å². The van der Waals surface area contributed by atoms with Crippen molar-refractivity contribution in [1.82, 2.24) is 15.3 Å². The summed E-state index contributed by atoms with van der Waals surface area (Å²) < 4.78 is 0. The van der Waals surface area contributed by atoms with Gasteiger partial charge in [-0.2, -0.15) is 0 Å². The number of nitrogens with two attached hydrogens (primary N) is 1. The van der Waals surface area contributed by atoms with Crippen LogP contribution in [0.3, 0.4) is 0 Å². The fourth-order valence-electron chi connectivity index (χ4n) is 2.63. The van der Waals surface area contributed by atoms with Crippen LogP contribution in [0.15, 0.2) is 11.2 Å². The van der Waals surface area contributed by atoms with Crippen LogP contribution in [0.5, 0.6) is 0 Å². The maximum absolute atomic E-state index is 12.0. The van der Waals surface area contributed by atoms with Gasteiger partial charge in [0.05, 0.1) is 5.75 Å². The summed E-state index contributed by atoms with van der Waals surface area (Å²) >= 11 is 1.34. The van der Waals surface area contributed by atoms with Crippen LogP contribution < -0.4 is 11.1 Å². The third kappa shape index (κ3) is 5.91. The second-order valence-corrected chi connectivity index (χ2v) is 6.56. The third-order valence-corrected chi connectivity index (χ3v) is 4.50. The number of hydrogen-bond donors (Lipinski definition) is 2. The van der Waals surface area contributed by atoms with Crippen molar-refractivity contribution >= 4 is 23.5 Å². The molecule has 0 radical (unpaired) electrons. The van der Waals surface area contributed by atoms with Crippen LogP contribution in [0, 0.1) is 6.92 Å². The first-order valence-corrected chi connectivity index (χ1v) is 8.65. The number of nitrogens with zero attached hydrogens (tertiary/aromatic N) is 2. The standard InChI is InChI=1S/C15H24N4OS/c1-11-9-13(16)19-15(17-11)21-10-14(20)18-12-7-5-3-2-4-6-8-12/h9,12H,2-8,10H2,1H3,(H,18,20)(H2,16,17,19). The van der Waals surface area contributed by atoms with E-state index in [0.717, 1.165) is 18.5 Å². The van der Waals surface area contributed by atoms with Crippen LogP contribution >= 0.6 is 11.8 Å². The third-order valence-electron chi connectivity index (χ3n) is 3.66. The zero-order valence-electron chi connectivity index (χ0n) is 12.6. The van der Waals surface area contributed by atoms with Gasteiger partial charge in [0, 0.05) is 17.8 Å². The summed E-state index contributed by atoms with van der Waals surface area (Å²) in [5.74, 6) is 0.860. The van der Waals surface area contributed by atoms with Crippen LogP contribution in [0.25, 0.3) is 0 Å². The molecule has 1 aliphatic rings. The lowest BCUT2D eigenvalue weighted by molar-refractivity contribution is -0.119. The Morgan fingerprint density at radius 3 is 2.62 bits per heavy atom. The van der Waals surface area contributed by atoms with Crippen LogP contribution in [-0.2, 0) is 4.79 Å². The van der Waals surface area contributed by atoms with E-state index in [1.165, 1.54) is 43.9 Å². The number of aryl methyl sites for hydroxylation is 1. The van der Waals surface area contributed by atoms with E-state index in [0.29, 0.717) is 22.8 Å². The average Bonchev–Trinajstić information content (AvgIpc) is 2.38. The van der Waals surface area contributed by atoms with E-state index in [2.05, 4.69) is 15.3 Å². The molecule has 0 spiro atoms. The number of thioether (sulfide) groups is 1. The molecule has 0 saturated heterocycles. The molecule has 1 heterocycles. The predicted octanol–water partition coefficient (Wildman–Crippen LogP) is 2.69. The van der Waals surface area contributed by atoms with Gasteiger partial charge in [0.15, 0.2) is 5.16 Å². The Kier molecular flexibility index (Phi) is 6.29. The van der Waals surface area contributed by atoms with Crippen LogP contribution in [0.1, 0.15) is 50.6 Å². The number of anilines is 1. The SMILES string of the molecule is Cc1cc(N)nc(SCC(=O)NC2CCCCCCC2)n1. The van der Waals surface area contributed by atoms with E-state index in [1.54, 1.807) is 6.07 Å². The minimum Gasteiger partial charge on any atom is -0.384 e. The second kappa shape index (κ2) is 8.22. The highest BCUT2D eigenvalue weighted by Gasteiger charge is 2.14. The summed E-state index contributed by atoms with van der Waals surface area (Å²) in [5.41, 5.74) is 6.51. The molecule has 21 heavy (non-hydrogen) atoms. The molecule has 3 N–H and O–H groups in total. The van der Waals surface area contributed by atoms with Gasteiger partial charge in [-0.3, -0.25) is 4.79 Å². The summed E-state index contributed by atoms with van der Waals surface area (Å²) in [5, 5.41) is 3.71. The van der Waals surface area contributed by atoms with Gasteiger partial charge in [-0.15, -0.1) is 0 Å². The highest BCUT2D eigenvalue weighted by Crippen LogP contribution is 2.18. The van der Waals surface area contributed by atoms with Gasteiger partial charge in [0.2, 0.25) is 5.91 Å². The molecule has 116 valence electrons. The van der Waals surface area contributed by atoms with Crippen molar-refractivity contribution in [2.45, 2.75) is 63.1 Å². The summed E-state index contributed by atoms with van der Waals surface area (Å²) in [4.78, 5) is 20.4. The van der Waals surface area contributed by atoms with E-state index in [9.17, 15) is 4.79 Å². The molecule has 1 aromatic heterocycles. The Balaban J connectivity index is 1.78. The molecule has 1 aromatic rings. The number of carbonyl (C=O) groups is 1. The van der Waals surface area contributed by atoms with Crippen LogP contribution in [0.2, 0.25) is 0 Å². The van der Waals surface area contributed by atoms with Gasteiger partial charge < -0.3 is 11.1 Å². The molecular weight excluding hydrogens is 284 g/mol. The lowest BCUT2D eigenvalue weighted by Crippen LogP contribution is -2.36. The van der Waals surface area contributed by atoms with Crippen molar-refractivity contribution in [2.24, 2.45) is 0 Å². The molecule has 0 unspecified atom stereocenters. The van der Waals surface area contributed by atoms with Crippen molar-refractivity contribution < 1.29 is 4.79 Å². The van der Waals surface area contributed by atoms with Gasteiger partial charge in [0.1, 0.15) is 5.82 Å². The fourth-order valence-corrected chi connectivity index (χ4v) is 3.35. The number of hydrogen-bond acceptors (Lipinski definition) is 5. The molecule has 0 atom stereocenters. The van der Waals surface area contributed by atoms with E-state index in [4.69, 9.17) is 5.73 Å². The Morgan fingerprint density at radius 2 is 1.95 bits per heavy atom. The fraction of sp³-hybridized carbons (Fsp3) is 0.667. The molecule has 1 saturated carbocycles. The summed E-state index contributed by atoms with van der Waals surface area (Å²) in [6.45, 7) is 1.87. The molecule has 1 fully saturated rings. The van der Waals surface area contributed by atoms with Crippen LogP contribution in [0.4, 0.5) is 5.82 Å². The molecule has 1 aliphatic carbocycles. The van der Waals surface area contributed by atoms with E-state index in [1.807, 2.05) is 6.92 Å². The zero-order chi connectivity index (χ0) is 15.1. The number of nitrogens with one attached hydrogen (secondary N) is 1. The molecule has 0 aromatic carbocycles. The lowest BCUT2D eigenvalue weighted by Gasteiger charge is -2.20. The van der Waals surface area contributed by atoms with Crippen molar-refractivity contribution in [3.05, 3.63) is 11.8 Å². The van der Waals surface area contributed by atoms with Gasteiger partial charge >= 0.3 is 0 Å². The second-order valence-electron chi connectivity index (χ2n) is 5.61. The molecular formula is C15H24N4OS. The maximum Gasteiger partial charge on any atom is 0.230 e. The maximum atomic E-state index is 12.0. The topological polar surface area (TPSA) is 80.9 Å². The molecule has 0 bridgehead atoms. The zero-order valence-corrected chi connectivity index (χ0v) is 13.4. The first-order chi connectivity index (χ1) is 10.1. The molecule has 2 rings (SSSR count). The number of amides is 1. The minimum absolute atomic E-state index is 0.0641. The van der Waals surface area contributed by atoms with Gasteiger partial charge in [0.25, 0.3) is 0 Å². The predicted molar refractivity (Wildman–Crippen MR) is 86.2 cm³/mol. The van der Waals surface area contributed by atoms with Crippen molar-refractivity contribution in [3.8, 4) is 0 Å². The molecule has 5 nitrogen and oxygen atoms in total.